The fourth-order valence-corrected chi connectivity index (χ4v) is 4.04. The molecule has 0 aliphatic carbocycles. The van der Waals surface area contributed by atoms with Crippen molar-refractivity contribution in [2.45, 2.75) is 13.8 Å². The third-order valence-corrected chi connectivity index (χ3v) is 6.17. The summed E-state index contributed by atoms with van der Waals surface area (Å²) in [6.45, 7) is 4.25. The molecule has 0 aliphatic rings. The molecule has 10 heteroatoms. The molecule has 0 fully saturated rings. The van der Waals surface area contributed by atoms with Crippen molar-refractivity contribution >= 4 is 67.5 Å². The van der Waals surface area contributed by atoms with Gasteiger partial charge in [-0.1, -0.05) is 33.6 Å². The summed E-state index contributed by atoms with van der Waals surface area (Å²) in [7, 11) is 0. The number of benzene rings is 3. The number of ether oxygens (including phenoxy) is 1. The number of aromatic nitrogens is 1. The molecular formula is C26H22BrClN4O4. The van der Waals surface area contributed by atoms with Crippen molar-refractivity contribution in [1.82, 2.24) is 4.68 Å². The molecule has 1 aromatic heterocycles. The van der Waals surface area contributed by atoms with E-state index in [-0.39, 0.29) is 5.69 Å². The van der Waals surface area contributed by atoms with Crippen LogP contribution in [0.15, 0.2) is 71.2 Å². The molecule has 0 aliphatic heterocycles. The molecular weight excluding hydrogens is 548 g/mol. The predicted molar refractivity (Wildman–Crippen MR) is 144 cm³/mol. The quantitative estimate of drug-likeness (QED) is 0.258. The van der Waals surface area contributed by atoms with Crippen molar-refractivity contribution < 1.29 is 19.1 Å². The van der Waals surface area contributed by atoms with Gasteiger partial charge < -0.3 is 15.4 Å². The van der Waals surface area contributed by atoms with E-state index < -0.39 is 17.7 Å². The molecule has 8 nitrogen and oxygen atoms in total. The van der Waals surface area contributed by atoms with Crippen molar-refractivity contribution in [3.8, 4) is 5.75 Å². The summed E-state index contributed by atoms with van der Waals surface area (Å²) in [4.78, 5) is 38.5. The minimum absolute atomic E-state index is 0.136. The molecule has 0 saturated heterocycles. The lowest BCUT2D eigenvalue weighted by molar-refractivity contribution is -0.133. The Morgan fingerprint density at radius 2 is 1.64 bits per heavy atom. The van der Waals surface area contributed by atoms with Gasteiger partial charge in [0.05, 0.1) is 12.1 Å². The summed E-state index contributed by atoms with van der Waals surface area (Å²) in [5.41, 5.74) is 4.96. The Labute approximate surface area is 220 Å². The number of nitrogens with zero attached hydrogens (tertiary/aromatic N) is 1. The lowest BCUT2D eigenvalue weighted by Gasteiger charge is -2.13. The number of fused-ring (bicyclic) bond motifs is 1. The highest BCUT2D eigenvalue weighted by molar-refractivity contribution is 9.10. The van der Waals surface area contributed by atoms with Gasteiger partial charge in [0.1, 0.15) is 11.4 Å². The Hall–Kier alpha value is -3.82. The molecule has 0 radical (unpaired) electrons. The van der Waals surface area contributed by atoms with Crippen LogP contribution in [0.5, 0.6) is 5.75 Å². The number of nitrogens with one attached hydrogen (secondary N) is 3. The highest BCUT2D eigenvalue weighted by Gasteiger charge is 2.21. The second-order valence-electron chi connectivity index (χ2n) is 7.84. The number of amides is 3. The van der Waals surface area contributed by atoms with E-state index in [0.717, 1.165) is 10.0 Å². The molecule has 184 valence electrons. The van der Waals surface area contributed by atoms with Gasteiger partial charge in [-0.05, 0) is 80.1 Å². The molecule has 3 N–H and O–H groups in total. The van der Waals surface area contributed by atoms with Gasteiger partial charge in [0.15, 0.2) is 0 Å². The summed E-state index contributed by atoms with van der Waals surface area (Å²) in [6.07, 6.45) is 0. The highest BCUT2D eigenvalue weighted by Crippen LogP contribution is 2.25. The fraction of sp³-hybridized carbons (Fsp3) is 0.115. The molecule has 4 aromatic rings. The zero-order valence-corrected chi connectivity index (χ0v) is 21.7. The number of carbonyl (C=O) groups excluding carboxylic acids is 3. The van der Waals surface area contributed by atoms with Gasteiger partial charge in [0.2, 0.25) is 0 Å². The Morgan fingerprint density at radius 1 is 0.917 bits per heavy atom. The van der Waals surface area contributed by atoms with Crippen LogP contribution in [0.25, 0.3) is 10.9 Å². The van der Waals surface area contributed by atoms with E-state index in [1.165, 1.54) is 4.68 Å². The molecule has 1 heterocycles. The molecule has 3 amide bonds. The summed E-state index contributed by atoms with van der Waals surface area (Å²) in [5, 5.41) is 6.47. The monoisotopic (exact) mass is 568 g/mol. The molecule has 3 aromatic carbocycles. The van der Waals surface area contributed by atoms with Crippen molar-refractivity contribution in [2.24, 2.45) is 0 Å². The first-order chi connectivity index (χ1) is 17.2. The number of hydrogen-bond donors (Lipinski definition) is 3. The number of hydrogen-bond acceptors (Lipinski definition) is 4. The van der Waals surface area contributed by atoms with Crippen molar-refractivity contribution in [2.75, 3.05) is 22.7 Å². The first kappa shape index (κ1) is 25.3. The van der Waals surface area contributed by atoms with Gasteiger partial charge in [-0.15, -0.1) is 0 Å². The number of anilines is 2. The normalized spacial score (nSPS) is 10.7. The van der Waals surface area contributed by atoms with E-state index in [1.807, 2.05) is 13.8 Å². The summed E-state index contributed by atoms with van der Waals surface area (Å²) >= 11 is 9.52. The lowest BCUT2D eigenvalue weighted by Crippen LogP contribution is -2.36. The van der Waals surface area contributed by atoms with Crippen LogP contribution < -0.4 is 20.8 Å². The van der Waals surface area contributed by atoms with Gasteiger partial charge in [0.25, 0.3) is 5.91 Å². The molecule has 4 rings (SSSR count). The van der Waals surface area contributed by atoms with E-state index in [4.69, 9.17) is 16.3 Å². The van der Waals surface area contributed by atoms with E-state index in [2.05, 4.69) is 32.0 Å². The van der Waals surface area contributed by atoms with Crippen LogP contribution in [0, 0.1) is 6.92 Å². The average molecular weight is 570 g/mol. The van der Waals surface area contributed by atoms with Gasteiger partial charge in [-0.3, -0.25) is 19.8 Å². The molecule has 0 atom stereocenters. The number of carbonyl (C=O) groups is 3. The number of aryl methyl sites for hydroxylation is 1. The van der Waals surface area contributed by atoms with Crippen LogP contribution in [0.4, 0.5) is 11.4 Å². The molecule has 0 bridgehead atoms. The maximum atomic E-state index is 13.2. The van der Waals surface area contributed by atoms with E-state index in [9.17, 15) is 14.4 Å². The zero-order valence-electron chi connectivity index (χ0n) is 19.4. The second kappa shape index (κ2) is 10.8. The zero-order chi connectivity index (χ0) is 25.8. The minimum Gasteiger partial charge on any atom is -0.494 e. The van der Waals surface area contributed by atoms with Crippen LogP contribution in [-0.2, 0) is 9.59 Å². The molecule has 0 unspecified atom stereocenters. The summed E-state index contributed by atoms with van der Waals surface area (Å²) < 4.78 is 7.51. The Balaban J connectivity index is 1.58. The van der Waals surface area contributed by atoms with E-state index in [1.54, 1.807) is 66.7 Å². The SMILES string of the molecule is CCOc1ccc(NC(=O)c2cc3cc(Br)ccc3n2NC(=O)C(=O)Nc2ccc(C)c(Cl)c2)cc1. The van der Waals surface area contributed by atoms with E-state index in [0.29, 0.717) is 39.7 Å². The van der Waals surface area contributed by atoms with Crippen LogP contribution in [-0.4, -0.2) is 29.0 Å². The van der Waals surface area contributed by atoms with Gasteiger partial charge in [-0.2, -0.15) is 0 Å². The van der Waals surface area contributed by atoms with Crippen LogP contribution >= 0.6 is 27.5 Å². The Bertz CT molecular complexity index is 1470. The highest BCUT2D eigenvalue weighted by atomic mass is 79.9. The van der Waals surface area contributed by atoms with E-state index >= 15 is 0 Å². The number of halogens is 2. The minimum atomic E-state index is -0.956. The predicted octanol–water partition coefficient (Wildman–Crippen LogP) is 5.73. The van der Waals surface area contributed by atoms with Crippen LogP contribution in [0.2, 0.25) is 5.02 Å². The topological polar surface area (TPSA) is 101 Å². The second-order valence-corrected chi connectivity index (χ2v) is 9.16. The maximum Gasteiger partial charge on any atom is 0.328 e. The number of rotatable bonds is 6. The van der Waals surface area contributed by atoms with Gasteiger partial charge >= 0.3 is 11.8 Å². The summed E-state index contributed by atoms with van der Waals surface area (Å²) in [6, 6.07) is 18.8. The largest absolute Gasteiger partial charge is 0.494 e. The standard InChI is InChI=1S/C26H22BrClN4O4/c1-3-36-20-9-7-18(8-10-20)29-24(33)23-13-16-12-17(27)5-11-22(16)32(23)31-26(35)25(34)30-19-6-4-15(2)21(28)14-19/h4-14H,3H2,1-2H3,(H,29,33)(H,30,34)(H,31,35). The van der Waals surface area contributed by atoms with Crippen molar-refractivity contribution in [3.63, 3.8) is 0 Å². The van der Waals surface area contributed by atoms with Crippen LogP contribution in [0.3, 0.4) is 0 Å². The Kier molecular flexibility index (Phi) is 7.61. The smallest absolute Gasteiger partial charge is 0.328 e. The third-order valence-electron chi connectivity index (χ3n) is 5.27. The van der Waals surface area contributed by atoms with Gasteiger partial charge in [-0.25, -0.2) is 4.68 Å². The lowest BCUT2D eigenvalue weighted by atomic mass is 10.2. The first-order valence-corrected chi connectivity index (χ1v) is 12.2. The average Bonchev–Trinajstić information content (AvgIpc) is 3.20. The molecule has 0 spiro atoms. The summed E-state index contributed by atoms with van der Waals surface area (Å²) in [5.74, 6) is -1.66. The molecule has 0 saturated carbocycles. The molecule has 36 heavy (non-hydrogen) atoms. The maximum absolute atomic E-state index is 13.2. The van der Waals surface area contributed by atoms with Gasteiger partial charge in [0, 0.05) is 26.3 Å². The van der Waals surface area contributed by atoms with Crippen molar-refractivity contribution in [1.29, 1.82) is 0 Å². The van der Waals surface area contributed by atoms with Crippen molar-refractivity contribution in [3.05, 3.63) is 87.5 Å². The third kappa shape index (κ3) is 5.69. The first-order valence-electron chi connectivity index (χ1n) is 11.0. The Morgan fingerprint density at radius 3 is 2.33 bits per heavy atom. The van der Waals surface area contributed by atoms with Crippen LogP contribution in [0.1, 0.15) is 23.0 Å². The fourth-order valence-electron chi connectivity index (χ4n) is 3.48.